The van der Waals surface area contributed by atoms with Crippen molar-refractivity contribution in [2.24, 2.45) is 0 Å². The van der Waals surface area contributed by atoms with E-state index >= 15 is 0 Å². The lowest BCUT2D eigenvalue weighted by molar-refractivity contribution is 1.09. The third kappa shape index (κ3) is 2.78. The molecule has 4 rings (SSSR count). The highest BCUT2D eigenvalue weighted by Gasteiger charge is 2.12. The van der Waals surface area contributed by atoms with Gasteiger partial charge in [-0.25, -0.2) is 0 Å². The zero-order valence-electron chi connectivity index (χ0n) is 14.5. The Morgan fingerprint density at radius 1 is 1.04 bits per heavy atom. The largest absolute Gasteiger partial charge is 0.354 e. The Labute approximate surface area is 147 Å². The molecule has 0 saturated heterocycles. The Bertz CT molecular complexity index is 1030. The second kappa shape index (κ2) is 7.06. The lowest BCUT2D eigenvalue weighted by atomic mass is 10.1. The second-order valence-electron chi connectivity index (χ2n) is 5.93. The minimum Gasteiger partial charge on any atom is -0.354 e. The van der Waals surface area contributed by atoms with Crippen LogP contribution in [0.4, 0.5) is 0 Å². The lowest BCUT2D eigenvalue weighted by Gasteiger charge is -1.95. The Balaban J connectivity index is 0.000000526. The molecule has 0 spiro atoms. The summed E-state index contributed by atoms with van der Waals surface area (Å²) in [5.74, 6) is 0. The summed E-state index contributed by atoms with van der Waals surface area (Å²) in [6.07, 6.45) is 7.23. The van der Waals surface area contributed by atoms with Crippen LogP contribution in [0.5, 0.6) is 0 Å². The van der Waals surface area contributed by atoms with Gasteiger partial charge in [0.25, 0.3) is 0 Å². The number of hydrogen-bond acceptors (Lipinski definition) is 1. The number of nitrogens with one attached hydrogen (secondary N) is 1. The SMILES string of the molecule is C=C/C=C\c1sc2c(ccc3[nH]c4ccccc4c32)c1C.CCC. The molecule has 0 amide bonds. The third-order valence-corrected chi connectivity index (χ3v) is 5.28. The summed E-state index contributed by atoms with van der Waals surface area (Å²) < 4.78 is 1.37. The van der Waals surface area contributed by atoms with E-state index in [1.807, 2.05) is 23.5 Å². The standard InChI is InChI=1S/C19H15NS.C3H8/c1-3-4-9-17-12(2)13-10-11-16-18(19(13)21-17)14-7-5-6-8-15(14)20-16;1-3-2/h3-11,20H,1H2,2H3;3H2,1-2H3/b9-4-;. The highest BCUT2D eigenvalue weighted by molar-refractivity contribution is 7.21. The summed E-state index contributed by atoms with van der Waals surface area (Å²) in [6.45, 7) is 10.2. The molecule has 0 fully saturated rings. The molecule has 2 heterocycles. The number of aromatic nitrogens is 1. The number of benzene rings is 2. The van der Waals surface area contributed by atoms with Crippen LogP contribution in [0.2, 0.25) is 0 Å². The van der Waals surface area contributed by atoms with Gasteiger partial charge in [0, 0.05) is 31.4 Å². The van der Waals surface area contributed by atoms with Gasteiger partial charge in [0.15, 0.2) is 0 Å². The predicted octanol–water partition coefficient (Wildman–Crippen LogP) is 7.46. The molecule has 0 radical (unpaired) electrons. The van der Waals surface area contributed by atoms with Crippen molar-refractivity contribution in [1.29, 1.82) is 0 Å². The zero-order valence-corrected chi connectivity index (χ0v) is 15.3. The monoisotopic (exact) mass is 333 g/mol. The van der Waals surface area contributed by atoms with Crippen LogP contribution in [0.15, 0.2) is 55.1 Å². The molecular formula is C22H23NS. The highest BCUT2D eigenvalue weighted by Crippen LogP contribution is 2.39. The topological polar surface area (TPSA) is 15.8 Å². The second-order valence-corrected chi connectivity index (χ2v) is 6.98. The molecule has 2 aromatic carbocycles. The fourth-order valence-corrected chi connectivity index (χ4v) is 4.23. The zero-order chi connectivity index (χ0) is 17.1. The van der Waals surface area contributed by atoms with Crippen LogP contribution in [0.3, 0.4) is 0 Å². The third-order valence-electron chi connectivity index (χ3n) is 3.99. The summed E-state index contributed by atoms with van der Waals surface area (Å²) in [5.41, 5.74) is 3.76. The fraction of sp³-hybridized carbons (Fsp3) is 0.182. The fourth-order valence-electron chi connectivity index (χ4n) is 2.94. The summed E-state index contributed by atoms with van der Waals surface area (Å²) in [6, 6.07) is 12.9. The van der Waals surface area contributed by atoms with Crippen LogP contribution in [0.1, 0.15) is 30.7 Å². The van der Waals surface area contributed by atoms with Gasteiger partial charge in [-0.1, -0.05) is 63.3 Å². The van der Waals surface area contributed by atoms with E-state index in [0.717, 1.165) is 0 Å². The first kappa shape index (κ1) is 16.5. The average molecular weight is 334 g/mol. The van der Waals surface area contributed by atoms with Gasteiger partial charge >= 0.3 is 0 Å². The molecule has 24 heavy (non-hydrogen) atoms. The number of allylic oxidation sites excluding steroid dienone is 2. The van der Waals surface area contributed by atoms with E-state index in [4.69, 9.17) is 0 Å². The highest BCUT2D eigenvalue weighted by atomic mass is 32.1. The Morgan fingerprint density at radius 3 is 2.54 bits per heavy atom. The normalized spacial score (nSPS) is 11.3. The Kier molecular flexibility index (Phi) is 4.86. The van der Waals surface area contributed by atoms with Gasteiger partial charge in [-0.2, -0.15) is 0 Å². The molecule has 2 heteroatoms. The maximum Gasteiger partial charge on any atom is 0.0479 e. The van der Waals surface area contributed by atoms with Crippen molar-refractivity contribution in [1.82, 2.24) is 4.98 Å². The molecular weight excluding hydrogens is 310 g/mol. The lowest BCUT2D eigenvalue weighted by Crippen LogP contribution is -1.72. The summed E-state index contributed by atoms with van der Waals surface area (Å²) in [5, 5.41) is 3.99. The Morgan fingerprint density at radius 2 is 1.79 bits per heavy atom. The van der Waals surface area contributed by atoms with E-state index in [9.17, 15) is 0 Å². The van der Waals surface area contributed by atoms with Crippen molar-refractivity contribution in [3.63, 3.8) is 0 Å². The molecule has 0 aliphatic rings. The van der Waals surface area contributed by atoms with Gasteiger partial charge in [0.05, 0.1) is 0 Å². The van der Waals surface area contributed by atoms with Gasteiger partial charge in [-0.05, 0) is 36.1 Å². The number of para-hydroxylation sites is 1. The molecule has 1 N–H and O–H groups in total. The molecule has 122 valence electrons. The smallest absolute Gasteiger partial charge is 0.0479 e. The summed E-state index contributed by atoms with van der Waals surface area (Å²) in [7, 11) is 0. The van der Waals surface area contributed by atoms with Crippen LogP contribution in [0.25, 0.3) is 38.0 Å². The Hall–Kier alpha value is -2.32. The number of fused-ring (bicyclic) bond motifs is 5. The van der Waals surface area contributed by atoms with Crippen LogP contribution in [0, 0.1) is 6.92 Å². The minimum atomic E-state index is 1.20. The molecule has 0 saturated carbocycles. The summed E-state index contributed by atoms with van der Waals surface area (Å²) >= 11 is 1.86. The number of hydrogen-bond donors (Lipinski definition) is 1. The number of aryl methyl sites for hydroxylation is 1. The molecule has 1 nitrogen and oxygen atoms in total. The summed E-state index contributed by atoms with van der Waals surface area (Å²) in [4.78, 5) is 4.82. The van der Waals surface area contributed by atoms with Gasteiger partial charge < -0.3 is 4.98 Å². The van der Waals surface area contributed by atoms with Crippen molar-refractivity contribution in [2.45, 2.75) is 27.2 Å². The molecule has 0 unspecified atom stereocenters. The first-order chi connectivity index (χ1) is 11.7. The van der Waals surface area contributed by atoms with Crippen LogP contribution in [-0.4, -0.2) is 4.98 Å². The molecule has 0 atom stereocenters. The molecule has 2 aromatic heterocycles. The number of H-pyrrole nitrogens is 1. The maximum absolute atomic E-state index is 3.75. The first-order valence-electron chi connectivity index (χ1n) is 8.42. The number of aromatic amines is 1. The van der Waals surface area contributed by atoms with E-state index in [-0.39, 0.29) is 0 Å². The van der Waals surface area contributed by atoms with E-state index < -0.39 is 0 Å². The van der Waals surface area contributed by atoms with Crippen molar-refractivity contribution in [3.05, 3.63) is 65.6 Å². The van der Waals surface area contributed by atoms with E-state index in [1.54, 1.807) is 0 Å². The minimum absolute atomic E-state index is 1.20. The maximum atomic E-state index is 3.75. The van der Waals surface area contributed by atoms with Gasteiger partial charge in [-0.3, -0.25) is 0 Å². The molecule has 0 aliphatic heterocycles. The molecule has 0 aliphatic carbocycles. The van der Waals surface area contributed by atoms with Crippen LogP contribution in [-0.2, 0) is 0 Å². The van der Waals surface area contributed by atoms with Crippen LogP contribution >= 0.6 is 11.3 Å². The van der Waals surface area contributed by atoms with Gasteiger partial charge in [0.2, 0.25) is 0 Å². The van der Waals surface area contributed by atoms with Crippen molar-refractivity contribution in [2.75, 3.05) is 0 Å². The number of thiophene rings is 1. The van der Waals surface area contributed by atoms with Crippen molar-refractivity contribution in [3.8, 4) is 0 Å². The van der Waals surface area contributed by atoms with Gasteiger partial charge in [-0.15, -0.1) is 11.3 Å². The van der Waals surface area contributed by atoms with Crippen molar-refractivity contribution < 1.29 is 0 Å². The quantitative estimate of drug-likeness (QED) is 0.366. The van der Waals surface area contributed by atoms with E-state index in [1.165, 1.54) is 48.8 Å². The molecule has 0 bridgehead atoms. The first-order valence-corrected chi connectivity index (χ1v) is 9.24. The number of rotatable bonds is 2. The van der Waals surface area contributed by atoms with Gasteiger partial charge in [0.1, 0.15) is 0 Å². The van der Waals surface area contributed by atoms with Crippen molar-refractivity contribution >= 4 is 49.3 Å². The van der Waals surface area contributed by atoms with E-state index in [2.05, 4.69) is 74.8 Å². The van der Waals surface area contributed by atoms with Crippen LogP contribution < -0.4 is 0 Å². The predicted molar refractivity (Wildman–Crippen MR) is 111 cm³/mol. The molecule has 4 aromatic rings. The average Bonchev–Trinajstić information content (AvgIpc) is 3.11. The van der Waals surface area contributed by atoms with E-state index in [0.29, 0.717) is 0 Å².